The fourth-order valence-corrected chi connectivity index (χ4v) is 4.18. The molecular weight excluding hydrogens is 334 g/mol. The van der Waals surface area contributed by atoms with Crippen LogP contribution in [-0.2, 0) is 4.74 Å². The Morgan fingerprint density at radius 3 is 2.52 bits per heavy atom. The Balaban J connectivity index is 1.53. The molecule has 2 saturated heterocycles. The van der Waals surface area contributed by atoms with Crippen molar-refractivity contribution in [1.29, 1.82) is 0 Å². The molecule has 0 amide bonds. The minimum atomic E-state index is 0.302. The van der Waals surface area contributed by atoms with Crippen molar-refractivity contribution in [2.24, 2.45) is 0 Å². The van der Waals surface area contributed by atoms with Crippen molar-refractivity contribution in [3.8, 4) is 0 Å². The second-order valence-corrected chi connectivity index (χ2v) is 8.20. The first-order chi connectivity index (χ1) is 12.0. The molecule has 2 heterocycles. The fourth-order valence-electron chi connectivity index (χ4n) is 4.01. The molecule has 2 aliphatic rings. The summed E-state index contributed by atoms with van der Waals surface area (Å²) < 4.78 is 5.73. The highest BCUT2D eigenvalue weighted by Crippen LogP contribution is 2.26. The molecule has 0 spiro atoms. The monoisotopic (exact) mass is 365 g/mol. The van der Waals surface area contributed by atoms with Crippen LogP contribution in [0.5, 0.6) is 0 Å². The van der Waals surface area contributed by atoms with Crippen LogP contribution in [0.1, 0.15) is 32.3 Å². The van der Waals surface area contributed by atoms with E-state index < -0.39 is 0 Å². The van der Waals surface area contributed by atoms with E-state index in [-0.39, 0.29) is 0 Å². The molecule has 0 unspecified atom stereocenters. The number of nitrogens with one attached hydrogen (secondary N) is 1. The Hall–Kier alpha value is -0.810. The lowest BCUT2D eigenvalue weighted by Crippen LogP contribution is -2.50. The van der Waals surface area contributed by atoms with E-state index in [1.807, 2.05) is 7.11 Å². The summed E-state index contributed by atoms with van der Waals surface area (Å²) >= 11 is 6.29. The zero-order valence-electron chi connectivity index (χ0n) is 16.0. The minimum Gasteiger partial charge on any atom is -0.378 e. The summed E-state index contributed by atoms with van der Waals surface area (Å²) in [6.45, 7) is 10.9. The lowest BCUT2D eigenvalue weighted by atomic mass is 10.0. The van der Waals surface area contributed by atoms with Crippen molar-refractivity contribution >= 4 is 17.3 Å². The Kier molecular flexibility index (Phi) is 6.26. The quantitative estimate of drug-likeness (QED) is 0.866. The molecule has 4 nitrogen and oxygen atoms in total. The van der Waals surface area contributed by atoms with Gasteiger partial charge in [-0.2, -0.15) is 0 Å². The van der Waals surface area contributed by atoms with Gasteiger partial charge in [0.15, 0.2) is 0 Å². The Bertz CT molecular complexity index is 572. The van der Waals surface area contributed by atoms with Crippen molar-refractivity contribution in [2.75, 3.05) is 38.2 Å². The third-order valence-corrected chi connectivity index (χ3v) is 6.20. The Morgan fingerprint density at radius 1 is 1.20 bits per heavy atom. The van der Waals surface area contributed by atoms with Gasteiger partial charge in [0.1, 0.15) is 0 Å². The maximum atomic E-state index is 6.29. The molecule has 0 aromatic heterocycles. The zero-order valence-corrected chi connectivity index (χ0v) is 16.7. The summed E-state index contributed by atoms with van der Waals surface area (Å²) in [5.74, 6) is 0. The van der Waals surface area contributed by atoms with Gasteiger partial charge in [0.2, 0.25) is 0 Å². The lowest BCUT2D eigenvalue weighted by Gasteiger charge is -2.36. The van der Waals surface area contributed by atoms with Crippen molar-refractivity contribution in [2.45, 2.75) is 57.8 Å². The van der Waals surface area contributed by atoms with Crippen molar-refractivity contribution in [3.63, 3.8) is 0 Å². The fraction of sp³-hybridized carbons (Fsp3) is 0.700. The van der Waals surface area contributed by atoms with E-state index in [0.29, 0.717) is 24.2 Å². The van der Waals surface area contributed by atoms with Gasteiger partial charge in [-0.15, -0.1) is 0 Å². The van der Waals surface area contributed by atoms with Gasteiger partial charge < -0.3 is 15.0 Å². The molecule has 1 aromatic carbocycles. The molecule has 0 radical (unpaired) electrons. The standard InChI is InChI=1S/C20H32ClN3O/c1-14(2)24-12-19(20(13-24)25-4)22-16-7-9-23(10-8-16)17-6-5-15(3)18(21)11-17/h5-6,11,14,16,19-20,22H,7-10,12-13H2,1-4H3/t19-,20-/m0/s1. The van der Waals surface area contributed by atoms with Gasteiger partial charge in [-0.1, -0.05) is 17.7 Å². The molecule has 2 aliphatic heterocycles. The van der Waals surface area contributed by atoms with E-state index in [0.717, 1.165) is 36.8 Å². The number of methoxy groups -OCH3 is 1. The van der Waals surface area contributed by atoms with Crippen molar-refractivity contribution in [1.82, 2.24) is 10.2 Å². The molecule has 0 aliphatic carbocycles. The molecule has 0 saturated carbocycles. The maximum Gasteiger partial charge on any atom is 0.0863 e. The summed E-state index contributed by atoms with van der Waals surface area (Å²) in [7, 11) is 1.84. The summed E-state index contributed by atoms with van der Waals surface area (Å²) in [5.41, 5.74) is 2.39. The first-order valence-corrected chi connectivity index (χ1v) is 9.89. The number of hydrogen-bond donors (Lipinski definition) is 1. The molecule has 1 N–H and O–H groups in total. The molecule has 5 heteroatoms. The molecule has 25 heavy (non-hydrogen) atoms. The number of hydrogen-bond acceptors (Lipinski definition) is 4. The number of likely N-dealkylation sites (tertiary alicyclic amines) is 1. The first-order valence-electron chi connectivity index (χ1n) is 9.52. The molecule has 0 bridgehead atoms. The number of piperidine rings is 1. The average molecular weight is 366 g/mol. The zero-order chi connectivity index (χ0) is 18.0. The number of ether oxygens (including phenoxy) is 1. The number of nitrogens with zero attached hydrogens (tertiary/aromatic N) is 2. The average Bonchev–Trinajstić information content (AvgIpc) is 3.01. The first kappa shape index (κ1) is 19.0. The normalized spacial score (nSPS) is 25.9. The number of rotatable bonds is 5. The van der Waals surface area contributed by atoms with Gasteiger partial charge in [0, 0.05) is 62.1 Å². The van der Waals surface area contributed by atoms with Crippen LogP contribution in [0, 0.1) is 6.92 Å². The Morgan fingerprint density at radius 2 is 1.92 bits per heavy atom. The third-order valence-electron chi connectivity index (χ3n) is 5.79. The van der Waals surface area contributed by atoms with E-state index in [4.69, 9.17) is 16.3 Å². The summed E-state index contributed by atoms with van der Waals surface area (Å²) in [6, 6.07) is 8.00. The summed E-state index contributed by atoms with van der Waals surface area (Å²) in [6.07, 6.45) is 2.64. The van der Waals surface area contributed by atoms with E-state index in [1.165, 1.54) is 18.5 Å². The number of benzene rings is 1. The van der Waals surface area contributed by atoms with Crippen molar-refractivity contribution < 1.29 is 4.74 Å². The number of anilines is 1. The summed E-state index contributed by atoms with van der Waals surface area (Å²) in [4.78, 5) is 4.96. The van der Waals surface area contributed by atoms with Crippen LogP contribution in [0.25, 0.3) is 0 Å². The maximum absolute atomic E-state index is 6.29. The van der Waals surface area contributed by atoms with Crippen LogP contribution >= 0.6 is 11.6 Å². The molecule has 3 rings (SSSR count). The van der Waals surface area contributed by atoms with E-state index in [1.54, 1.807) is 0 Å². The second kappa shape index (κ2) is 8.26. The van der Waals surface area contributed by atoms with Gasteiger partial charge in [0.25, 0.3) is 0 Å². The second-order valence-electron chi connectivity index (χ2n) is 7.79. The highest BCUT2D eigenvalue weighted by molar-refractivity contribution is 6.31. The number of halogens is 1. The van der Waals surface area contributed by atoms with Gasteiger partial charge in [-0.05, 0) is 51.3 Å². The van der Waals surface area contributed by atoms with Crippen LogP contribution in [0.15, 0.2) is 18.2 Å². The highest BCUT2D eigenvalue weighted by Gasteiger charge is 2.35. The predicted molar refractivity (Wildman–Crippen MR) is 106 cm³/mol. The largest absolute Gasteiger partial charge is 0.378 e. The molecule has 2 fully saturated rings. The topological polar surface area (TPSA) is 27.7 Å². The third kappa shape index (κ3) is 4.48. The van der Waals surface area contributed by atoms with E-state index >= 15 is 0 Å². The minimum absolute atomic E-state index is 0.302. The smallest absolute Gasteiger partial charge is 0.0863 e. The molecule has 1 aromatic rings. The van der Waals surface area contributed by atoms with Crippen LogP contribution < -0.4 is 10.2 Å². The van der Waals surface area contributed by atoms with Gasteiger partial charge in [-0.3, -0.25) is 4.90 Å². The highest BCUT2D eigenvalue weighted by atomic mass is 35.5. The van der Waals surface area contributed by atoms with Crippen LogP contribution in [0.2, 0.25) is 5.02 Å². The van der Waals surface area contributed by atoms with Crippen LogP contribution in [0.3, 0.4) is 0 Å². The van der Waals surface area contributed by atoms with E-state index in [2.05, 4.69) is 54.1 Å². The van der Waals surface area contributed by atoms with Gasteiger partial charge in [-0.25, -0.2) is 0 Å². The molecule has 2 atom stereocenters. The van der Waals surface area contributed by atoms with Gasteiger partial charge in [0.05, 0.1) is 6.10 Å². The van der Waals surface area contributed by atoms with Crippen LogP contribution in [-0.4, -0.2) is 62.4 Å². The SMILES string of the molecule is CO[C@H]1CN(C(C)C)C[C@@H]1NC1CCN(c2ccc(C)c(Cl)c2)CC1. The lowest BCUT2D eigenvalue weighted by molar-refractivity contribution is 0.0834. The number of aryl methyl sites for hydroxylation is 1. The Labute approximate surface area is 157 Å². The molecular formula is C20H32ClN3O. The van der Waals surface area contributed by atoms with Gasteiger partial charge >= 0.3 is 0 Å². The van der Waals surface area contributed by atoms with Crippen LogP contribution in [0.4, 0.5) is 5.69 Å². The molecule has 140 valence electrons. The summed E-state index contributed by atoms with van der Waals surface area (Å²) in [5, 5.41) is 4.74. The van der Waals surface area contributed by atoms with E-state index in [9.17, 15) is 0 Å². The van der Waals surface area contributed by atoms with Crippen molar-refractivity contribution in [3.05, 3.63) is 28.8 Å². The predicted octanol–water partition coefficient (Wildman–Crippen LogP) is 3.31.